The minimum atomic E-state index is -0.269. The zero-order valence-corrected chi connectivity index (χ0v) is 15.5. The molecule has 142 valence electrons. The highest BCUT2D eigenvalue weighted by Gasteiger charge is 2.14. The SMILES string of the molecule is O=C(Cn1c(-c2ccccc2)cc2ccccc21)Nc1ccc2[nH]c(=O)[nH]c2c1. The van der Waals surface area contributed by atoms with Crippen molar-refractivity contribution in [2.24, 2.45) is 0 Å². The quantitative estimate of drug-likeness (QED) is 0.437. The van der Waals surface area contributed by atoms with Crippen molar-refractivity contribution in [3.8, 4) is 11.3 Å². The van der Waals surface area contributed by atoms with Crippen molar-refractivity contribution in [1.29, 1.82) is 0 Å². The lowest BCUT2D eigenvalue weighted by atomic mass is 10.1. The summed E-state index contributed by atoms with van der Waals surface area (Å²) in [7, 11) is 0. The lowest BCUT2D eigenvalue weighted by molar-refractivity contribution is -0.116. The Kier molecular flexibility index (Phi) is 4.02. The first-order valence-corrected chi connectivity index (χ1v) is 9.33. The van der Waals surface area contributed by atoms with Gasteiger partial charge in [-0.1, -0.05) is 48.5 Å². The highest BCUT2D eigenvalue weighted by molar-refractivity contribution is 5.95. The molecule has 0 atom stereocenters. The summed E-state index contributed by atoms with van der Waals surface area (Å²) >= 11 is 0. The summed E-state index contributed by atoms with van der Waals surface area (Å²) in [6, 6.07) is 25.5. The molecule has 1 amide bonds. The molecule has 2 heterocycles. The lowest BCUT2D eigenvalue weighted by Gasteiger charge is -2.12. The van der Waals surface area contributed by atoms with E-state index in [1.54, 1.807) is 18.2 Å². The Morgan fingerprint density at radius 1 is 0.862 bits per heavy atom. The molecule has 0 radical (unpaired) electrons. The van der Waals surface area contributed by atoms with Crippen molar-refractivity contribution in [2.45, 2.75) is 6.54 Å². The molecule has 0 bridgehead atoms. The molecule has 6 nitrogen and oxygen atoms in total. The molecule has 2 aromatic heterocycles. The van der Waals surface area contributed by atoms with Crippen LogP contribution in [0.1, 0.15) is 0 Å². The fourth-order valence-electron chi connectivity index (χ4n) is 3.68. The van der Waals surface area contributed by atoms with E-state index in [1.165, 1.54) is 0 Å². The summed E-state index contributed by atoms with van der Waals surface area (Å²) in [6.45, 7) is 0.180. The van der Waals surface area contributed by atoms with Crippen LogP contribution >= 0.6 is 0 Å². The molecule has 6 heteroatoms. The summed E-state index contributed by atoms with van der Waals surface area (Å²) < 4.78 is 2.02. The van der Waals surface area contributed by atoms with Gasteiger partial charge in [-0.2, -0.15) is 0 Å². The number of carbonyl (C=O) groups is 1. The number of carbonyl (C=O) groups excluding carboxylic acids is 1. The summed E-state index contributed by atoms with van der Waals surface area (Å²) in [5.74, 6) is -0.138. The summed E-state index contributed by atoms with van der Waals surface area (Å²) in [5, 5.41) is 4.02. The maximum absolute atomic E-state index is 12.8. The van der Waals surface area contributed by atoms with Crippen molar-refractivity contribution < 1.29 is 4.79 Å². The number of aromatic amines is 2. The van der Waals surface area contributed by atoms with Crippen molar-refractivity contribution >= 4 is 33.5 Å². The molecular weight excluding hydrogens is 364 g/mol. The predicted molar refractivity (Wildman–Crippen MR) is 115 cm³/mol. The molecule has 0 aliphatic carbocycles. The molecule has 3 aromatic carbocycles. The molecule has 0 aliphatic rings. The third-order valence-electron chi connectivity index (χ3n) is 4.98. The van der Waals surface area contributed by atoms with E-state index in [4.69, 9.17) is 0 Å². The number of nitrogens with one attached hydrogen (secondary N) is 3. The number of H-pyrrole nitrogens is 2. The minimum Gasteiger partial charge on any atom is -0.331 e. The summed E-state index contributed by atoms with van der Waals surface area (Å²) in [4.78, 5) is 29.7. The van der Waals surface area contributed by atoms with Gasteiger partial charge in [0, 0.05) is 22.3 Å². The van der Waals surface area contributed by atoms with Crippen LogP contribution in [-0.2, 0) is 11.3 Å². The van der Waals surface area contributed by atoms with Gasteiger partial charge in [0.1, 0.15) is 6.54 Å². The van der Waals surface area contributed by atoms with Gasteiger partial charge in [-0.3, -0.25) is 4.79 Å². The van der Waals surface area contributed by atoms with Gasteiger partial charge in [-0.25, -0.2) is 4.79 Å². The second kappa shape index (κ2) is 6.83. The Morgan fingerprint density at radius 3 is 2.48 bits per heavy atom. The van der Waals surface area contributed by atoms with E-state index in [1.807, 2.05) is 59.2 Å². The Hall–Kier alpha value is -4.06. The highest BCUT2D eigenvalue weighted by Crippen LogP contribution is 2.28. The van der Waals surface area contributed by atoms with Crippen molar-refractivity contribution in [3.05, 3.63) is 89.3 Å². The van der Waals surface area contributed by atoms with Gasteiger partial charge in [0.25, 0.3) is 0 Å². The Morgan fingerprint density at radius 2 is 1.62 bits per heavy atom. The first-order chi connectivity index (χ1) is 14.2. The summed E-state index contributed by atoms with van der Waals surface area (Å²) in [6.07, 6.45) is 0. The third kappa shape index (κ3) is 3.21. The maximum atomic E-state index is 12.8. The van der Waals surface area contributed by atoms with Crippen LogP contribution in [0.2, 0.25) is 0 Å². The van der Waals surface area contributed by atoms with Gasteiger partial charge in [-0.15, -0.1) is 0 Å². The van der Waals surface area contributed by atoms with Crippen LogP contribution in [0.5, 0.6) is 0 Å². The predicted octanol–water partition coefficient (Wildman–Crippen LogP) is 4.12. The van der Waals surface area contributed by atoms with Crippen LogP contribution in [0.3, 0.4) is 0 Å². The van der Waals surface area contributed by atoms with E-state index in [9.17, 15) is 9.59 Å². The number of imidazole rings is 1. The van der Waals surface area contributed by atoms with Gasteiger partial charge in [0.2, 0.25) is 5.91 Å². The second-order valence-corrected chi connectivity index (χ2v) is 6.93. The first-order valence-electron chi connectivity index (χ1n) is 9.33. The number of hydrogen-bond acceptors (Lipinski definition) is 2. The molecule has 0 saturated carbocycles. The van der Waals surface area contributed by atoms with Gasteiger partial charge >= 0.3 is 5.69 Å². The molecule has 0 aliphatic heterocycles. The number of para-hydroxylation sites is 1. The number of aromatic nitrogens is 3. The zero-order chi connectivity index (χ0) is 19.8. The molecule has 5 rings (SSSR count). The van der Waals surface area contributed by atoms with E-state index in [-0.39, 0.29) is 18.1 Å². The molecular formula is C23H18N4O2. The average Bonchev–Trinajstić information content (AvgIpc) is 3.28. The van der Waals surface area contributed by atoms with Gasteiger partial charge in [-0.05, 0) is 35.9 Å². The number of rotatable bonds is 4. The van der Waals surface area contributed by atoms with E-state index >= 15 is 0 Å². The molecule has 5 aromatic rings. The average molecular weight is 382 g/mol. The topological polar surface area (TPSA) is 82.7 Å². The second-order valence-electron chi connectivity index (χ2n) is 6.93. The Bertz CT molecular complexity index is 1390. The van der Waals surface area contributed by atoms with Crippen LogP contribution in [0, 0.1) is 0 Å². The molecule has 29 heavy (non-hydrogen) atoms. The van der Waals surface area contributed by atoms with E-state index in [0.717, 1.165) is 22.2 Å². The molecule has 0 spiro atoms. The lowest BCUT2D eigenvalue weighted by Crippen LogP contribution is -2.19. The first kappa shape index (κ1) is 17.1. The number of hydrogen-bond donors (Lipinski definition) is 3. The minimum absolute atomic E-state index is 0.138. The van der Waals surface area contributed by atoms with Crippen LogP contribution in [0.15, 0.2) is 83.7 Å². The molecule has 0 fully saturated rings. The highest BCUT2D eigenvalue weighted by atomic mass is 16.2. The van der Waals surface area contributed by atoms with Crippen molar-refractivity contribution in [3.63, 3.8) is 0 Å². The monoisotopic (exact) mass is 382 g/mol. The fraction of sp³-hybridized carbons (Fsp3) is 0.0435. The zero-order valence-electron chi connectivity index (χ0n) is 15.5. The third-order valence-corrected chi connectivity index (χ3v) is 4.98. The summed E-state index contributed by atoms with van der Waals surface area (Å²) in [5.41, 5.74) is 4.78. The number of fused-ring (bicyclic) bond motifs is 2. The Balaban J connectivity index is 1.48. The molecule has 0 saturated heterocycles. The van der Waals surface area contributed by atoms with E-state index in [2.05, 4.69) is 21.4 Å². The number of amides is 1. The number of benzene rings is 3. The van der Waals surface area contributed by atoms with E-state index < -0.39 is 0 Å². The Labute approximate surface area is 165 Å². The largest absolute Gasteiger partial charge is 0.331 e. The van der Waals surface area contributed by atoms with Crippen LogP contribution in [0.4, 0.5) is 5.69 Å². The normalized spacial score (nSPS) is 11.2. The molecule has 3 N–H and O–H groups in total. The number of anilines is 1. The standard InChI is InChI=1S/C23H18N4O2/c28-22(24-17-10-11-18-19(13-17)26-23(29)25-18)14-27-20-9-5-4-8-16(20)12-21(27)15-6-2-1-3-7-15/h1-13H,14H2,(H,24,28)(H2,25,26,29). The van der Waals surface area contributed by atoms with Crippen LogP contribution in [0.25, 0.3) is 33.2 Å². The van der Waals surface area contributed by atoms with Gasteiger partial charge < -0.3 is 19.9 Å². The van der Waals surface area contributed by atoms with Gasteiger partial charge in [0.15, 0.2) is 0 Å². The van der Waals surface area contributed by atoms with Crippen molar-refractivity contribution in [2.75, 3.05) is 5.32 Å². The van der Waals surface area contributed by atoms with Gasteiger partial charge in [0.05, 0.1) is 11.0 Å². The van der Waals surface area contributed by atoms with E-state index in [0.29, 0.717) is 16.7 Å². The molecule has 0 unspecified atom stereocenters. The maximum Gasteiger partial charge on any atom is 0.323 e. The number of nitrogens with zero attached hydrogens (tertiary/aromatic N) is 1. The van der Waals surface area contributed by atoms with Crippen LogP contribution < -0.4 is 11.0 Å². The van der Waals surface area contributed by atoms with Crippen molar-refractivity contribution in [1.82, 2.24) is 14.5 Å². The van der Waals surface area contributed by atoms with Crippen LogP contribution in [-0.4, -0.2) is 20.4 Å². The fourth-order valence-corrected chi connectivity index (χ4v) is 3.68. The smallest absolute Gasteiger partial charge is 0.323 e.